The third-order valence-corrected chi connectivity index (χ3v) is 5.84. The van der Waals surface area contributed by atoms with Crippen molar-refractivity contribution < 1.29 is 4.79 Å². The minimum Gasteiger partial charge on any atom is -0.330 e. The maximum atomic E-state index is 13.5. The van der Waals surface area contributed by atoms with Crippen molar-refractivity contribution in [2.45, 2.75) is 33.9 Å². The molecule has 0 radical (unpaired) electrons. The van der Waals surface area contributed by atoms with Crippen LogP contribution in [0, 0.1) is 20.8 Å². The van der Waals surface area contributed by atoms with E-state index in [0.29, 0.717) is 18.8 Å². The van der Waals surface area contributed by atoms with E-state index in [0.717, 1.165) is 39.5 Å². The van der Waals surface area contributed by atoms with E-state index in [-0.39, 0.29) is 5.91 Å². The van der Waals surface area contributed by atoms with Gasteiger partial charge in [0.15, 0.2) is 5.69 Å². The zero-order valence-electron chi connectivity index (χ0n) is 18.3. The molecule has 1 aromatic carbocycles. The summed E-state index contributed by atoms with van der Waals surface area (Å²) in [6.07, 6.45) is 0. The molecule has 0 fully saturated rings. The monoisotopic (exact) mass is 405 g/mol. The predicted octanol–water partition coefficient (Wildman–Crippen LogP) is 2.81. The Balaban J connectivity index is 1.74. The number of fused-ring (bicyclic) bond motifs is 1. The average molecular weight is 406 g/mol. The molecule has 8 nitrogen and oxygen atoms in total. The van der Waals surface area contributed by atoms with Gasteiger partial charge >= 0.3 is 0 Å². The molecule has 1 amide bonds. The molecule has 3 heterocycles. The number of hydrogen-bond donors (Lipinski definition) is 0. The average Bonchev–Trinajstić information content (AvgIpc) is 3.30. The number of nitrogens with zero attached hydrogens (tertiary/aromatic N) is 7. The SMILES string of the molecule is Cc1nn(C)c(C)c1CN(Cc1nc2ccccc2n1C)C(=O)c1cc(C)n(C)n1. The fourth-order valence-electron chi connectivity index (χ4n) is 3.77. The second-order valence-electron chi connectivity index (χ2n) is 7.80. The van der Waals surface area contributed by atoms with Gasteiger partial charge in [0.25, 0.3) is 5.91 Å². The number of aromatic nitrogens is 6. The fourth-order valence-corrected chi connectivity index (χ4v) is 3.77. The lowest BCUT2D eigenvalue weighted by atomic mass is 10.1. The van der Waals surface area contributed by atoms with Crippen LogP contribution in [-0.2, 0) is 34.2 Å². The van der Waals surface area contributed by atoms with Gasteiger partial charge in [-0.25, -0.2) is 4.98 Å². The van der Waals surface area contributed by atoms with Crippen molar-refractivity contribution in [1.82, 2.24) is 34.0 Å². The summed E-state index contributed by atoms with van der Waals surface area (Å²) in [6.45, 7) is 6.77. The van der Waals surface area contributed by atoms with Crippen LogP contribution in [0.4, 0.5) is 0 Å². The van der Waals surface area contributed by atoms with Gasteiger partial charge < -0.3 is 9.47 Å². The summed E-state index contributed by atoms with van der Waals surface area (Å²) >= 11 is 0. The molecule has 0 unspecified atom stereocenters. The maximum Gasteiger partial charge on any atom is 0.275 e. The molecule has 0 aliphatic rings. The molecule has 0 saturated carbocycles. The molecule has 0 atom stereocenters. The molecule has 0 bridgehead atoms. The van der Waals surface area contributed by atoms with Crippen molar-refractivity contribution in [2.75, 3.05) is 0 Å². The first kappa shape index (κ1) is 19.9. The normalized spacial score (nSPS) is 11.4. The topological polar surface area (TPSA) is 73.8 Å². The van der Waals surface area contributed by atoms with Crippen molar-refractivity contribution in [2.24, 2.45) is 21.1 Å². The molecule has 4 aromatic rings. The van der Waals surface area contributed by atoms with Crippen LogP contribution in [0.2, 0.25) is 0 Å². The Kier molecular flexibility index (Phi) is 4.93. The lowest BCUT2D eigenvalue weighted by Gasteiger charge is -2.22. The molecule has 0 spiro atoms. The van der Waals surface area contributed by atoms with E-state index < -0.39 is 0 Å². The highest BCUT2D eigenvalue weighted by atomic mass is 16.2. The summed E-state index contributed by atoms with van der Waals surface area (Å²) in [5.41, 5.74) is 6.37. The van der Waals surface area contributed by atoms with E-state index in [1.165, 1.54) is 0 Å². The van der Waals surface area contributed by atoms with E-state index in [1.807, 2.05) is 81.5 Å². The molecule has 0 saturated heterocycles. The Hall–Kier alpha value is -3.42. The van der Waals surface area contributed by atoms with Crippen LogP contribution in [0.25, 0.3) is 11.0 Å². The van der Waals surface area contributed by atoms with Crippen LogP contribution in [0.5, 0.6) is 0 Å². The first-order chi connectivity index (χ1) is 14.3. The van der Waals surface area contributed by atoms with Crippen LogP contribution < -0.4 is 0 Å². The number of benzene rings is 1. The zero-order valence-corrected chi connectivity index (χ0v) is 18.3. The summed E-state index contributed by atoms with van der Waals surface area (Å²) in [4.78, 5) is 20.0. The highest BCUT2D eigenvalue weighted by Gasteiger charge is 2.24. The standard InChI is InChI=1S/C22H27N7O/c1-14-11-19(25-27(14)5)22(30)29(12-17-15(2)24-28(6)16(17)3)13-21-23-18-9-7-8-10-20(18)26(21)4/h7-11H,12-13H2,1-6H3. The molecule has 8 heteroatoms. The minimum absolute atomic E-state index is 0.117. The Morgan fingerprint density at radius 2 is 1.73 bits per heavy atom. The number of carbonyl (C=O) groups excluding carboxylic acids is 1. The number of rotatable bonds is 5. The second kappa shape index (κ2) is 7.44. The number of aryl methyl sites for hydroxylation is 5. The number of imidazole rings is 1. The van der Waals surface area contributed by atoms with Gasteiger partial charge in [-0.15, -0.1) is 0 Å². The fraction of sp³-hybridized carbons (Fsp3) is 0.364. The number of amides is 1. The largest absolute Gasteiger partial charge is 0.330 e. The van der Waals surface area contributed by atoms with Gasteiger partial charge in [0.2, 0.25) is 0 Å². The van der Waals surface area contributed by atoms with E-state index in [1.54, 1.807) is 9.58 Å². The molecule has 4 rings (SSSR count). The van der Waals surface area contributed by atoms with Crippen LogP contribution in [-0.4, -0.2) is 39.9 Å². The maximum absolute atomic E-state index is 13.5. The Labute approximate surface area is 175 Å². The van der Waals surface area contributed by atoms with E-state index in [9.17, 15) is 4.79 Å². The van der Waals surface area contributed by atoms with Crippen molar-refractivity contribution in [3.05, 3.63) is 64.5 Å². The number of para-hydroxylation sites is 2. The molecular formula is C22H27N7O. The molecule has 156 valence electrons. The van der Waals surface area contributed by atoms with Crippen molar-refractivity contribution in [3.8, 4) is 0 Å². The Morgan fingerprint density at radius 3 is 2.33 bits per heavy atom. The van der Waals surface area contributed by atoms with Gasteiger partial charge in [0.1, 0.15) is 5.82 Å². The highest BCUT2D eigenvalue weighted by molar-refractivity contribution is 5.92. The molecular weight excluding hydrogens is 378 g/mol. The van der Waals surface area contributed by atoms with E-state index in [4.69, 9.17) is 4.98 Å². The van der Waals surface area contributed by atoms with Crippen molar-refractivity contribution in [3.63, 3.8) is 0 Å². The smallest absolute Gasteiger partial charge is 0.275 e. The quantitative estimate of drug-likeness (QED) is 0.512. The first-order valence-corrected chi connectivity index (χ1v) is 9.95. The summed E-state index contributed by atoms with van der Waals surface area (Å²) in [6, 6.07) is 9.82. The van der Waals surface area contributed by atoms with Crippen LogP contribution in [0.3, 0.4) is 0 Å². The highest BCUT2D eigenvalue weighted by Crippen LogP contribution is 2.21. The van der Waals surface area contributed by atoms with Gasteiger partial charge in [0.05, 0.1) is 29.8 Å². The molecule has 3 aromatic heterocycles. The van der Waals surface area contributed by atoms with E-state index in [2.05, 4.69) is 10.2 Å². The molecule has 0 N–H and O–H groups in total. The summed E-state index contributed by atoms with van der Waals surface area (Å²) in [5.74, 6) is 0.713. The van der Waals surface area contributed by atoms with Crippen molar-refractivity contribution in [1.29, 1.82) is 0 Å². The Bertz CT molecular complexity index is 1220. The van der Waals surface area contributed by atoms with Crippen LogP contribution in [0.15, 0.2) is 30.3 Å². The molecule has 0 aliphatic heterocycles. The summed E-state index contributed by atoms with van der Waals surface area (Å²) < 4.78 is 5.62. The second-order valence-corrected chi connectivity index (χ2v) is 7.80. The van der Waals surface area contributed by atoms with Crippen LogP contribution >= 0.6 is 0 Å². The van der Waals surface area contributed by atoms with Gasteiger partial charge in [-0.05, 0) is 39.0 Å². The van der Waals surface area contributed by atoms with Crippen molar-refractivity contribution >= 4 is 16.9 Å². The number of hydrogen-bond acceptors (Lipinski definition) is 4. The first-order valence-electron chi connectivity index (χ1n) is 9.95. The minimum atomic E-state index is -0.117. The van der Waals surface area contributed by atoms with Gasteiger partial charge in [0, 0.05) is 38.1 Å². The van der Waals surface area contributed by atoms with E-state index >= 15 is 0 Å². The Morgan fingerprint density at radius 1 is 1.00 bits per heavy atom. The molecule has 0 aliphatic carbocycles. The van der Waals surface area contributed by atoms with Gasteiger partial charge in [-0.3, -0.25) is 14.2 Å². The number of carbonyl (C=O) groups is 1. The zero-order chi connectivity index (χ0) is 21.6. The summed E-state index contributed by atoms with van der Waals surface area (Å²) in [5, 5.41) is 8.92. The summed E-state index contributed by atoms with van der Waals surface area (Å²) in [7, 11) is 5.75. The van der Waals surface area contributed by atoms with Crippen LogP contribution in [0.1, 0.15) is 39.0 Å². The van der Waals surface area contributed by atoms with Gasteiger partial charge in [-0.1, -0.05) is 12.1 Å². The predicted molar refractivity (Wildman–Crippen MR) is 115 cm³/mol. The van der Waals surface area contributed by atoms with Gasteiger partial charge in [-0.2, -0.15) is 10.2 Å². The lowest BCUT2D eigenvalue weighted by Crippen LogP contribution is -2.32. The third kappa shape index (κ3) is 3.38. The third-order valence-electron chi connectivity index (χ3n) is 5.84. The molecule has 30 heavy (non-hydrogen) atoms. The lowest BCUT2D eigenvalue weighted by molar-refractivity contribution is 0.0717.